The first-order valence-corrected chi connectivity index (χ1v) is 4.86. The fourth-order valence-electron chi connectivity index (χ4n) is 1.15. The normalized spacial score (nSPS) is 10.4. The summed E-state index contributed by atoms with van der Waals surface area (Å²) in [5.41, 5.74) is 0.499. The lowest BCUT2D eigenvalue weighted by molar-refractivity contribution is -0.385. The number of aryl methyl sites for hydroxylation is 1. The van der Waals surface area contributed by atoms with Crippen LogP contribution in [0.5, 0.6) is 0 Å². The average Bonchev–Trinajstić information content (AvgIpc) is 2.14. The second-order valence-corrected chi connectivity index (χ2v) is 3.83. The van der Waals surface area contributed by atoms with E-state index in [4.69, 9.17) is 0 Å². The van der Waals surface area contributed by atoms with Gasteiger partial charge in [-0.2, -0.15) is 0 Å². The van der Waals surface area contributed by atoms with Gasteiger partial charge in [-0.05, 0) is 18.9 Å². The van der Waals surface area contributed by atoms with Gasteiger partial charge in [0.15, 0.2) is 0 Å². The molecule has 0 aliphatic rings. The maximum Gasteiger partial charge on any atom is 0.290 e. The van der Waals surface area contributed by atoms with Gasteiger partial charge in [-0.3, -0.25) is 10.1 Å². The van der Waals surface area contributed by atoms with E-state index in [1.54, 1.807) is 13.0 Å². The molecule has 82 valence electrons. The molecule has 0 saturated heterocycles. The van der Waals surface area contributed by atoms with E-state index in [0.717, 1.165) is 6.54 Å². The van der Waals surface area contributed by atoms with Crippen molar-refractivity contribution in [2.45, 2.75) is 20.8 Å². The highest BCUT2D eigenvalue weighted by molar-refractivity contribution is 5.44. The summed E-state index contributed by atoms with van der Waals surface area (Å²) < 4.78 is 0. The van der Waals surface area contributed by atoms with Crippen molar-refractivity contribution < 1.29 is 4.92 Å². The lowest BCUT2D eigenvalue weighted by Gasteiger charge is -2.08. The number of anilines is 1. The number of rotatable bonds is 4. The number of nitrogens with zero attached hydrogens (tertiary/aromatic N) is 2. The van der Waals surface area contributed by atoms with Gasteiger partial charge in [-0.1, -0.05) is 13.8 Å². The average molecular weight is 209 g/mol. The highest BCUT2D eigenvalue weighted by atomic mass is 16.6. The summed E-state index contributed by atoms with van der Waals surface area (Å²) in [6.07, 6.45) is 0. The first kappa shape index (κ1) is 11.4. The molecule has 0 spiro atoms. The van der Waals surface area contributed by atoms with Crippen molar-refractivity contribution in [2.24, 2.45) is 5.92 Å². The number of hydrogen-bond acceptors (Lipinski definition) is 4. The van der Waals surface area contributed by atoms with Crippen LogP contribution >= 0.6 is 0 Å². The molecule has 0 radical (unpaired) electrons. The van der Waals surface area contributed by atoms with Crippen molar-refractivity contribution in [2.75, 3.05) is 11.9 Å². The summed E-state index contributed by atoms with van der Waals surface area (Å²) in [7, 11) is 0. The Hall–Kier alpha value is -1.65. The summed E-state index contributed by atoms with van der Waals surface area (Å²) in [5.74, 6) is 1.20. The Kier molecular flexibility index (Phi) is 3.60. The van der Waals surface area contributed by atoms with Crippen molar-refractivity contribution in [1.82, 2.24) is 4.98 Å². The Morgan fingerprint density at radius 2 is 2.20 bits per heavy atom. The Bertz CT molecular complexity index is 364. The van der Waals surface area contributed by atoms with E-state index >= 15 is 0 Å². The molecule has 1 aromatic rings. The molecule has 1 aromatic heterocycles. The van der Waals surface area contributed by atoms with Crippen LogP contribution in [0.3, 0.4) is 0 Å². The third-order valence-electron chi connectivity index (χ3n) is 1.95. The largest absolute Gasteiger partial charge is 0.370 e. The molecule has 0 aromatic carbocycles. The minimum absolute atomic E-state index is 0.0603. The minimum atomic E-state index is -0.422. The Balaban J connectivity index is 2.78. The Morgan fingerprint density at radius 1 is 1.53 bits per heavy atom. The standard InChI is InChI=1S/C10H15N3O2/c1-7(2)6-11-10-5-4-9(13(14)15)8(3)12-10/h4-5,7H,6H2,1-3H3,(H,11,12). The monoisotopic (exact) mass is 209 g/mol. The number of pyridine rings is 1. The van der Waals surface area contributed by atoms with Gasteiger partial charge in [-0.25, -0.2) is 4.98 Å². The first-order valence-electron chi connectivity index (χ1n) is 4.86. The van der Waals surface area contributed by atoms with Crippen LogP contribution in [0.4, 0.5) is 11.5 Å². The lowest BCUT2D eigenvalue weighted by atomic mass is 10.2. The van der Waals surface area contributed by atoms with Crippen molar-refractivity contribution in [1.29, 1.82) is 0 Å². The molecule has 1 N–H and O–H groups in total. The summed E-state index contributed by atoms with van der Waals surface area (Å²) in [5, 5.41) is 13.7. The molecule has 15 heavy (non-hydrogen) atoms. The second-order valence-electron chi connectivity index (χ2n) is 3.83. The van der Waals surface area contributed by atoms with Gasteiger partial charge in [0.25, 0.3) is 5.69 Å². The predicted octanol–water partition coefficient (Wildman–Crippen LogP) is 2.37. The number of nitro groups is 1. The van der Waals surface area contributed by atoms with Gasteiger partial charge < -0.3 is 5.32 Å². The summed E-state index contributed by atoms with van der Waals surface area (Å²) in [6.45, 7) is 6.62. The zero-order chi connectivity index (χ0) is 11.4. The number of hydrogen-bond donors (Lipinski definition) is 1. The summed E-state index contributed by atoms with van der Waals surface area (Å²) in [4.78, 5) is 14.2. The molecular formula is C10H15N3O2. The Morgan fingerprint density at radius 3 is 2.67 bits per heavy atom. The molecule has 0 fully saturated rings. The number of nitrogens with one attached hydrogen (secondary N) is 1. The van der Waals surface area contributed by atoms with Crippen LogP contribution in [-0.4, -0.2) is 16.5 Å². The quantitative estimate of drug-likeness (QED) is 0.610. The van der Waals surface area contributed by atoms with E-state index in [-0.39, 0.29) is 5.69 Å². The molecule has 0 aliphatic heterocycles. The van der Waals surface area contributed by atoms with Crippen LogP contribution in [0, 0.1) is 23.0 Å². The molecule has 0 saturated carbocycles. The van der Waals surface area contributed by atoms with E-state index < -0.39 is 4.92 Å². The van der Waals surface area contributed by atoms with Gasteiger partial charge in [0, 0.05) is 12.6 Å². The molecule has 1 heterocycles. The van der Waals surface area contributed by atoms with Gasteiger partial charge in [0.2, 0.25) is 0 Å². The molecule has 1 rings (SSSR count). The molecule has 5 heteroatoms. The zero-order valence-corrected chi connectivity index (χ0v) is 9.15. The predicted molar refractivity (Wildman–Crippen MR) is 59.0 cm³/mol. The minimum Gasteiger partial charge on any atom is -0.370 e. The van der Waals surface area contributed by atoms with Gasteiger partial charge in [0.05, 0.1) is 4.92 Å². The van der Waals surface area contributed by atoms with Crippen LogP contribution < -0.4 is 5.32 Å². The highest BCUT2D eigenvalue weighted by Gasteiger charge is 2.11. The maximum atomic E-state index is 10.5. The van der Waals surface area contributed by atoms with E-state index in [1.807, 2.05) is 0 Å². The van der Waals surface area contributed by atoms with Crippen LogP contribution in [0.2, 0.25) is 0 Å². The Labute approximate surface area is 88.7 Å². The van der Waals surface area contributed by atoms with Crippen LogP contribution in [0.15, 0.2) is 12.1 Å². The SMILES string of the molecule is Cc1nc(NCC(C)C)ccc1[N+](=O)[O-]. The fourth-order valence-corrected chi connectivity index (χ4v) is 1.15. The zero-order valence-electron chi connectivity index (χ0n) is 9.15. The van der Waals surface area contributed by atoms with Crippen LogP contribution in [0.25, 0.3) is 0 Å². The van der Waals surface area contributed by atoms with Crippen molar-refractivity contribution in [3.05, 3.63) is 27.9 Å². The molecule has 0 aliphatic carbocycles. The number of aromatic nitrogens is 1. The van der Waals surface area contributed by atoms with Gasteiger partial charge in [-0.15, -0.1) is 0 Å². The molecule has 0 atom stereocenters. The third kappa shape index (κ3) is 3.19. The van der Waals surface area contributed by atoms with E-state index in [9.17, 15) is 10.1 Å². The highest BCUT2D eigenvalue weighted by Crippen LogP contribution is 2.17. The third-order valence-corrected chi connectivity index (χ3v) is 1.95. The van der Waals surface area contributed by atoms with E-state index in [0.29, 0.717) is 17.4 Å². The first-order chi connectivity index (χ1) is 7.00. The maximum absolute atomic E-state index is 10.5. The fraction of sp³-hybridized carbons (Fsp3) is 0.500. The van der Waals surface area contributed by atoms with Crippen molar-refractivity contribution >= 4 is 11.5 Å². The van der Waals surface area contributed by atoms with E-state index in [2.05, 4.69) is 24.1 Å². The van der Waals surface area contributed by atoms with E-state index in [1.165, 1.54) is 6.07 Å². The summed E-state index contributed by atoms with van der Waals surface area (Å²) in [6, 6.07) is 3.11. The molecular weight excluding hydrogens is 194 g/mol. The second kappa shape index (κ2) is 4.72. The molecule has 0 bridgehead atoms. The van der Waals surface area contributed by atoms with Gasteiger partial charge >= 0.3 is 0 Å². The van der Waals surface area contributed by atoms with Crippen molar-refractivity contribution in [3.63, 3.8) is 0 Å². The van der Waals surface area contributed by atoms with Crippen LogP contribution in [-0.2, 0) is 0 Å². The lowest BCUT2D eigenvalue weighted by Crippen LogP contribution is -2.09. The van der Waals surface area contributed by atoms with Gasteiger partial charge in [0.1, 0.15) is 11.5 Å². The molecule has 0 unspecified atom stereocenters. The van der Waals surface area contributed by atoms with Crippen molar-refractivity contribution in [3.8, 4) is 0 Å². The summed E-state index contributed by atoms with van der Waals surface area (Å²) >= 11 is 0. The topological polar surface area (TPSA) is 68.1 Å². The smallest absolute Gasteiger partial charge is 0.290 e. The molecule has 0 amide bonds. The molecule has 5 nitrogen and oxygen atoms in total. The van der Waals surface area contributed by atoms with Crippen LogP contribution in [0.1, 0.15) is 19.5 Å².